The van der Waals surface area contributed by atoms with Crippen molar-refractivity contribution >= 4 is 15.9 Å². The van der Waals surface area contributed by atoms with E-state index in [-0.39, 0.29) is 17.3 Å². The lowest BCUT2D eigenvalue weighted by atomic mass is 10.1. The highest BCUT2D eigenvalue weighted by molar-refractivity contribution is 7.89. The number of likely N-dealkylation sites (N-methyl/N-ethyl adjacent to an activating group) is 1. The Morgan fingerprint density at radius 3 is 2.58 bits per heavy atom. The van der Waals surface area contributed by atoms with Crippen LogP contribution in [-0.4, -0.2) is 56.8 Å². The van der Waals surface area contributed by atoms with Crippen LogP contribution in [0.1, 0.15) is 21.7 Å². The third-order valence-corrected chi connectivity index (χ3v) is 6.45. The third kappa shape index (κ3) is 3.98. The van der Waals surface area contributed by atoms with Crippen LogP contribution >= 0.6 is 0 Å². The highest BCUT2D eigenvalue weighted by atomic mass is 32.2. The first-order valence-electron chi connectivity index (χ1n) is 8.48. The number of furan rings is 1. The highest BCUT2D eigenvalue weighted by Gasteiger charge is 2.28. The predicted molar refractivity (Wildman–Crippen MR) is 97.3 cm³/mol. The predicted octanol–water partition coefficient (Wildman–Crippen LogP) is 1.45. The largest absolute Gasteiger partial charge is 0.467 e. The fourth-order valence-corrected chi connectivity index (χ4v) is 4.31. The van der Waals surface area contributed by atoms with Crippen LogP contribution in [0.15, 0.2) is 45.9 Å². The molecule has 0 spiro atoms. The number of benzene rings is 1. The molecular formula is C18H23N3O4S. The summed E-state index contributed by atoms with van der Waals surface area (Å²) in [7, 11) is -1.64. The normalized spacial score (nSPS) is 16.5. The molecule has 1 aliphatic heterocycles. The van der Waals surface area contributed by atoms with Crippen LogP contribution in [-0.2, 0) is 16.6 Å². The maximum Gasteiger partial charge on any atom is 0.251 e. The van der Waals surface area contributed by atoms with Crippen molar-refractivity contribution in [3.05, 3.63) is 53.5 Å². The number of sulfonamides is 1. The smallest absolute Gasteiger partial charge is 0.251 e. The van der Waals surface area contributed by atoms with Crippen LogP contribution in [0.5, 0.6) is 0 Å². The van der Waals surface area contributed by atoms with Crippen molar-refractivity contribution in [2.45, 2.75) is 18.4 Å². The molecule has 8 heteroatoms. The number of aryl methyl sites for hydroxylation is 1. The van der Waals surface area contributed by atoms with E-state index < -0.39 is 10.0 Å². The number of amides is 1. The standard InChI is InChI=1S/C18H23N3O4S/c1-14-5-6-16(26(23,24)21-9-7-20(2)8-10-21)12-17(14)18(22)19-13-15-4-3-11-25-15/h3-6,11-12H,7-10,13H2,1-2H3,(H,19,22). The van der Waals surface area contributed by atoms with Gasteiger partial charge in [0.2, 0.25) is 10.0 Å². The first-order chi connectivity index (χ1) is 12.4. The van der Waals surface area contributed by atoms with Gasteiger partial charge in [0.05, 0.1) is 17.7 Å². The molecule has 7 nitrogen and oxygen atoms in total. The lowest BCUT2D eigenvalue weighted by Gasteiger charge is -2.31. The minimum absolute atomic E-state index is 0.149. The molecule has 2 aromatic rings. The van der Waals surface area contributed by atoms with E-state index in [0.29, 0.717) is 37.5 Å². The number of carbonyl (C=O) groups excluding carboxylic acids is 1. The van der Waals surface area contributed by atoms with E-state index in [0.717, 1.165) is 5.56 Å². The number of hydrogen-bond donors (Lipinski definition) is 1. The quantitative estimate of drug-likeness (QED) is 0.853. The van der Waals surface area contributed by atoms with Crippen LogP contribution in [0.3, 0.4) is 0 Å². The summed E-state index contributed by atoms with van der Waals surface area (Å²) in [5, 5.41) is 2.76. The Balaban J connectivity index is 1.79. The Hall–Kier alpha value is -2.16. The van der Waals surface area contributed by atoms with Crippen molar-refractivity contribution in [3.8, 4) is 0 Å². The molecule has 1 aromatic carbocycles. The van der Waals surface area contributed by atoms with Gasteiger partial charge in [-0.1, -0.05) is 6.07 Å². The molecule has 0 saturated carbocycles. The van der Waals surface area contributed by atoms with Crippen molar-refractivity contribution in [1.29, 1.82) is 0 Å². The van der Waals surface area contributed by atoms with Gasteiger partial charge < -0.3 is 14.6 Å². The molecule has 0 radical (unpaired) electrons. The van der Waals surface area contributed by atoms with Gasteiger partial charge in [0.1, 0.15) is 5.76 Å². The van der Waals surface area contributed by atoms with E-state index in [9.17, 15) is 13.2 Å². The maximum absolute atomic E-state index is 12.9. The zero-order valence-corrected chi connectivity index (χ0v) is 15.8. The molecule has 0 atom stereocenters. The monoisotopic (exact) mass is 377 g/mol. The molecule has 1 aromatic heterocycles. The second-order valence-corrected chi connectivity index (χ2v) is 8.38. The van der Waals surface area contributed by atoms with E-state index in [2.05, 4.69) is 10.2 Å². The fraction of sp³-hybridized carbons (Fsp3) is 0.389. The molecule has 140 valence electrons. The molecule has 1 aliphatic rings. The van der Waals surface area contributed by atoms with E-state index in [4.69, 9.17) is 4.42 Å². The zero-order chi connectivity index (χ0) is 18.7. The number of nitrogens with one attached hydrogen (secondary N) is 1. The second kappa shape index (κ2) is 7.61. The summed E-state index contributed by atoms with van der Waals surface area (Å²) in [6.07, 6.45) is 1.54. The minimum Gasteiger partial charge on any atom is -0.467 e. The number of carbonyl (C=O) groups is 1. The zero-order valence-electron chi connectivity index (χ0n) is 14.9. The van der Waals surface area contributed by atoms with Crippen molar-refractivity contribution in [2.24, 2.45) is 0 Å². The van der Waals surface area contributed by atoms with Gasteiger partial charge in [-0.05, 0) is 43.8 Å². The Bertz CT molecular complexity index is 870. The van der Waals surface area contributed by atoms with Crippen molar-refractivity contribution in [1.82, 2.24) is 14.5 Å². The summed E-state index contributed by atoms with van der Waals surface area (Å²) in [5.74, 6) is 0.312. The van der Waals surface area contributed by atoms with Gasteiger partial charge >= 0.3 is 0 Å². The van der Waals surface area contributed by atoms with Crippen LogP contribution in [0.2, 0.25) is 0 Å². The van der Waals surface area contributed by atoms with Gasteiger partial charge in [0, 0.05) is 31.7 Å². The summed E-state index contributed by atoms with van der Waals surface area (Å²) >= 11 is 0. The molecule has 1 N–H and O–H groups in total. The maximum atomic E-state index is 12.9. The molecule has 1 saturated heterocycles. The van der Waals surface area contributed by atoms with E-state index >= 15 is 0 Å². The SMILES string of the molecule is Cc1ccc(S(=O)(=O)N2CCN(C)CC2)cc1C(=O)NCc1ccco1. The van der Waals surface area contributed by atoms with Crippen LogP contribution in [0.4, 0.5) is 0 Å². The lowest BCUT2D eigenvalue weighted by molar-refractivity contribution is 0.0947. The van der Waals surface area contributed by atoms with E-state index in [1.807, 2.05) is 7.05 Å². The summed E-state index contributed by atoms with van der Waals surface area (Å²) in [6.45, 7) is 4.33. The van der Waals surface area contributed by atoms with Gasteiger partial charge in [-0.15, -0.1) is 0 Å². The Labute approximate surface area is 153 Å². The first kappa shape index (κ1) is 18.6. The lowest BCUT2D eigenvalue weighted by Crippen LogP contribution is -2.47. The van der Waals surface area contributed by atoms with Gasteiger partial charge in [0.15, 0.2) is 0 Å². The van der Waals surface area contributed by atoms with Crippen LogP contribution in [0, 0.1) is 6.92 Å². The molecule has 0 aliphatic carbocycles. The van der Waals surface area contributed by atoms with Gasteiger partial charge in [-0.2, -0.15) is 4.31 Å². The third-order valence-electron chi connectivity index (χ3n) is 4.56. The fourth-order valence-electron chi connectivity index (χ4n) is 2.86. The van der Waals surface area contributed by atoms with Gasteiger partial charge in [-0.25, -0.2) is 8.42 Å². The average Bonchev–Trinajstić information content (AvgIpc) is 3.14. The van der Waals surface area contributed by atoms with Gasteiger partial charge in [-0.3, -0.25) is 4.79 Å². The Kier molecular flexibility index (Phi) is 5.45. The Morgan fingerprint density at radius 2 is 1.92 bits per heavy atom. The molecule has 0 unspecified atom stereocenters. The topological polar surface area (TPSA) is 82.9 Å². The second-order valence-electron chi connectivity index (χ2n) is 6.45. The summed E-state index contributed by atoms with van der Waals surface area (Å²) in [4.78, 5) is 14.7. The summed E-state index contributed by atoms with van der Waals surface area (Å²) < 4.78 is 32.4. The van der Waals surface area contributed by atoms with E-state index in [1.54, 1.807) is 31.2 Å². The van der Waals surface area contributed by atoms with E-state index in [1.165, 1.54) is 16.6 Å². The molecule has 0 bridgehead atoms. The van der Waals surface area contributed by atoms with Crippen LogP contribution in [0.25, 0.3) is 0 Å². The highest BCUT2D eigenvalue weighted by Crippen LogP contribution is 2.21. The summed E-state index contributed by atoms with van der Waals surface area (Å²) in [5.41, 5.74) is 1.08. The Morgan fingerprint density at radius 1 is 1.19 bits per heavy atom. The van der Waals surface area contributed by atoms with Crippen molar-refractivity contribution in [3.63, 3.8) is 0 Å². The molecule has 26 heavy (non-hydrogen) atoms. The number of piperazine rings is 1. The molecular weight excluding hydrogens is 354 g/mol. The number of rotatable bonds is 5. The number of nitrogens with zero attached hydrogens (tertiary/aromatic N) is 2. The van der Waals surface area contributed by atoms with Crippen molar-refractivity contribution < 1.29 is 17.6 Å². The van der Waals surface area contributed by atoms with Crippen molar-refractivity contribution in [2.75, 3.05) is 33.2 Å². The average molecular weight is 377 g/mol. The molecule has 2 heterocycles. The first-order valence-corrected chi connectivity index (χ1v) is 9.92. The van der Waals surface area contributed by atoms with Gasteiger partial charge in [0.25, 0.3) is 5.91 Å². The molecule has 1 fully saturated rings. The number of hydrogen-bond acceptors (Lipinski definition) is 5. The molecule has 1 amide bonds. The summed E-state index contributed by atoms with van der Waals surface area (Å²) in [6, 6.07) is 8.20. The minimum atomic E-state index is -3.61. The molecule has 3 rings (SSSR count). The van der Waals surface area contributed by atoms with Crippen LogP contribution < -0.4 is 5.32 Å².